The summed E-state index contributed by atoms with van der Waals surface area (Å²) in [5, 5.41) is 0. The quantitative estimate of drug-likeness (QED) is 0.775. The molecule has 70 valence electrons. The van der Waals surface area contributed by atoms with Gasteiger partial charge in [-0.05, 0) is 24.6 Å². The molecule has 0 bridgehead atoms. The lowest BCUT2D eigenvalue weighted by Gasteiger charge is -2.07. The molecular formula is C10H10Br2O. The largest absolute Gasteiger partial charge is 0.300 e. The minimum Gasteiger partial charge on any atom is -0.300 e. The van der Waals surface area contributed by atoms with Gasteiger partial charge in [-0.3, -0.25) is 4.79 Å². The first-order valence-corrected chi connectivity index (χ1v) is 5.69. The van der Waals surface area contributed by atoms with Crippen LogP contribution in [-0.4, -0.2) is 5.78 Å². The van der Waals surface area contributed by atoms with E-state index in [1.54, 1.807) is 6.92 Å². The molecule has 3 heteroatoms. The third kappa shape index (κ3) is 3.61. The van der Waals surface area contributed by atoms with Gasteiger partial charge in [-0.2, -0.15) is 0 Å². The number of rotatable bonds is 3. The smallest absolute Gasteiger partial charge is 0.131 e. The van der Waals surface area contributed by atoms with E-state index in [-0.39, 0.29) is 10.6 Å². The summed E-state index contributed by atoms with van der Waals surface area (Å²) in [6.07, 6.45) is 0.543. The van der Waals surface area contributed by atoms with Crippen molar-refractivity contribution < 1.29 is 4.79 Å². The lowest BCUT2D eigenvalue weighted by molar-refractivity contribution is -0.116. The van der Waals surface area contributed by atoms with Crippen LogP contribution in [0.15, 0.2) is 28.7 Å². The van der Waals surface area contributed by atoms with Gasteiger partial charge in [0.1, 0.15) is 5.78 Å². The van der Waals surface area contributed by atoms with E-state index in [2.05, 4.69) is 31.9 Å². The van der Waals surface area contributed by atoms with Crippen molar-refractivity contribution >= 4 is 37.6 Å². The Kier molecular flexibility index (Phi) is 4.13. The van der Waals surface area contributed by atoms with E-state index in [1.165, 1.54) is 0 Å². The Morgan fingerprint density at radius 3 is 2.38 bits per heavy atom. The van der Waals surface area contributed by atoms with Gasteiger partial charge in [0.25, 0.3) is 0 Å². The highest BCUT2D eigenvalue weighted by Gasteiger charge is 2.08. The van der Waals surface area contributed by atoms with Crippen LogP contribution in [0.1, 0.15) is 23.7 Å². The molecule has 0 heterocycles. The van der Waals surface area contributed by atoms with E-state index in [9.17, 15) is 4.79 Å². The Morgan fingerprint density at radius 2 is 1.92 bits per heavy atom. The number of carbonyl (C=O) groups excluding carboxylic acids is 1. The summed E-state index contributed by atoms with van der Waals surface area (Å²) in [5.41, 5.74) is 1.14. The van der Waals surface area contributed by atoms with E-state index >= 15 is 0 Å². The molecule has 0 radical (unpaired) electrons. The van der Waals surface area contributed by atoms with Gasteiger partial charge in [0.05, 0.1) is 0 Å². The molecule has 0 fully saturated rings. The fourth-order valence-electron chi connectivity index (χ4n) is 1.04. The highest BCUT2D eigenvalue weighted by molar-refractivity contribution is 9.10. The first-order valence-electron chi connectivity index (χ1n) is 3.98. The molecule has 1 atom stereocenters. The lowest BCUT2D eigenvalue weighted by Crippen LogP contribution is -1.97. The number of hydrogen-bond donors (Lipinski definition) is 0. The van der Waals surface area contributed by atoms with Crippen LogP contribution in [0, 0.1) is 0 Å². The van der Waals surface area contributed by atoms with Crippen LogP contribution < -0.4 is 0 Å². The maximum absolute atomic E-state index is 10.9. The summed E-state index contributed by atoms with van der Waals surface area (Å²) in [7, 11) is 0. The Balaban J connectivity index is 2.71. The van der Waals surface area contributed by atoms with Crippen LogP contribution in [-0.2, 0) is 4.79 Å². The Hall–Kier alpha value is -0.150. The summed E-state index contributed by atoms with van der Waals surface area (Å²) in [5.74, 6) is 0.199. The summed E-state index contributed by atoms with van der Waals surface area (Å²) in [6.45, 7) is 1.60. The van der Waals surface area contributed by atoms with E-state index < -0.39 is 0 Å². The molecular weight excluding hydrogens is 296 g/mol. The molecule has 0 saturated carbocycles. The number of Topliss-reactive ketones (excluding diaryl/α,β-unsaturated/α-hetero) is 1. The van der Waals surface area contributed by atoms with E-state index in [0.717, 1.165) is 10.0 Å². The molecule has 0 aliphatic carbocycles. The number of carbonyl (C=O) groups is 1. The molecule has 1 aromatic carbocycles. The maximum Gasteiger partial charge on any atom is 0.131 e. The number of hydrogen-bond acceptors (Lipinski definition) is 1. The predicted octanol–water partition coefficient (Wildman–Crippen LogP) is 3.86. The summed E-state index contributed by atoms with van der Waals surface area (Å²) >= 11 is 6.84. The van der Waals surface area contributed by atoms with E-state index in [4.69, 9.17) is 0 Å². The molecule has 1 rings (SSSR count). The van der Waals surface area contributed by atoms with Gasteiger partial charge in [0.15, 0.2) is 0 Å². The zero-order valence-electron chi connectivity index (χ0n) is 7.26. The predicted molar refractivity (Wildman–Crippen MR) is 61.1 cm³/mol. The van der Waals surface area contributed by atoms with Gasteiger partial charge < -0.3 is 0 Å². The first-order chi connectivity index (χ1) is 6.09. The van der Waals surface area contributed by atoms with Crippen LogP contribution in [0.3, 0.4) is 0 Å². The summed E-state index contributed by atoms with van der Waals surface area (Å²) in [6, 6.07) is 7.96. The molecule has 0 aliphatic heterocycles. The molecule has 0 amide bonds. The second kappa shape index (κ2) is 4.91. The Labute approximate surface area is 94.8 Å². The second-order valence-electron chi connectivity index (χ2n) is 2.93. The first kappa shape index (κ1) is 10.9. The number of benzene rings is 1. The highest BCUT2D eigenvalue weighted by atomic mass is 79.9. The van der Waals surface area contributed by atoms with Crippen molar-refractivity contribution in [2.75, 3.05) is 0 Å². The van der Waals surface area contributed by atoms with Gasteiger partial charge in [-0.25, -0.2) is 0 Å². The van der Waals surface area contributed by atoms with Crippen molar-refractivity contribution in [2.45, 2.75) is 18.2 Å². The van der Waals surface area contributed by atoms with Crippen molar-refractivity contribution in [1.29, 1.82) is 0 Å². The molecule has 1 aromatic rings. The highest BCUT2D eigenvalue weighted by Crippen LogP contribution is 2.27. The summed E-state index contributed by atoms with van der Waals surface area (Å²) in [4.78, 5) is 11.0. The van der Waals surface area contributed by atoms with Gasteiger partial charge in [0.2, 0.25) is 0 Å². The fourth-order valence-corrected chi connectivity index (χ4v) is 2.07. The van der Waals surface area contributed by atoms with Crippen molar-refractivity contribution in [3.63, 3.8) is 0 Å². The molecule has 0 spiro atoms. The third-order valence-corrected chi connectivity index (χ3v) is 3.08. The summed E-state index contributed by atoms with van der Waals surface area (Å²) < 4.78 is 1.05. The number of halogens is 2. The molecule has 1 nitrogen and oxygen atoms in total. The third-order valence-electron chi connectivity index (χ3n) is 1.70. The minimum atomic E-state index is 0.137. The number of ketones is 1. The van der Waals surface area contributed by atoms with Gasteiger partial charge in [0, 0.05) is 15.7 Å². The normalized spacial score (nSPS) is 12.5. The zero-order chi connectivity index (χ0) is 9.84. The zero-order valence-corrected chi connectivity index (χ0v) is 10.4. The monoisotopic (exact) mass is 304 g/mol. The van der Waals surface area contributed by atoms with Crippen LogP contribution in [0.5, 0.6) is 0 Å². The SMILES string of the molecule is CC(=O)CC(Br)c1ccc(Br)cc1. The van der Waals surface area contributed by atoms with Crippen molar-refractivity contribution in [3.05, 3.63) is 34.3 Å². The average Bonchev–Trinajstić information content (AvgIpc) is 2.04. The molecule has 1 unspecified atom stereocenters. The lowest BCUT2D eigenvalue weighted by atomic mass is 10.1. The van der Waals surface area contributed by atoms with Crippen molar-refractivity contribution in [1.82, 2.24) is 0 Å². The molecule has 13 heavy (non-hydrogen) atoms. The minimum absolute atomic E-state index is 0.137. The molecule has 0 aromatic heterocycles. The van der Waals surface area contributed by atoms with Gasteiger partial charge in [-0.15, -0.1) is 0 Å². The van der Waals surface area contributed by atoms with Gasteiger partial charge in [-0.1, -0.05) is 44.0 Å². The maximum atomic E-state index is 10.9. The van der Waals surface area contributed by atoms with Crippen molar-refractivity contribution in [3.8, 4) is 0 Å². The Morgan fingerprint density at radius 1 is 1.38 bits per heavy atom. The Bertz CT molecular complexity index is 292. The van der Waals surface area contributed by atoms with Crippen LogP contribution >= 0.6 is 31.9 Å². The second-order valence-corrected chi connectivity index (χ2v) is 4.95. The standard InChI is InChI=1S/C10H10Br2O/c1-7(13)6-10(12)8-2-4-9(11)5-3-8/h2-5,10H,6H2,1H3. The van der Waals surface area contributed by atoms with Crippen LogP contribution in [0.25, 0.3) is 0 Å². The van der Waals surface area contributed by atoms with Crippen molar-refractivity contribution in [2.24, 2.45) is 0 Å². The topological polar surface area (TPSA) is 17.1 Å². The molecule has 0 saturated heterocycles. The number of alkyl halides is 1. The van der Waals surface area contributed by atoms with Gasteiger partial charge >= 0.3 is 0 Å². The van der Waals surface area contributed by atoms with Crippen LogP contribution in [0.4, 0.5) is 0 Å². The average molecular weight is 306 g/mol. The fraction of sp³-hybridized carbons (Fsp3) is 0.300. The van der Waals surface area contributed by atoms with Crippen LogP contribution in [0.2, 0.25) is 0 Å². The molecule has 0 aliphatic rings. The van der Waals surface area contributed by atoms with E-state index in [0.29, 0.717) is 6.42 Å². The van der Waals surface area contributed by atoms with E-state index in [1.807, 2.05) is 24.3 Å². The molecule has 0 N–H and O–H groups in total.